The number of aryl methyl sites for hydroxylation is 1. The number of hydrogen-bond donors (Lipinski definition) is 2. The number of carbonyl (C=O) groups is 1. The molecule has 2 aromatic carbocycles. The van der Waals surface area contributed by atoms with Gasteiger partial charge in [0.2, 0.25) is 15.9 Å². The van der Waals surface area contributed by atoms with Gasteiger partial charge in [-0.15, -0.1) is 0 Å². The fourth-order valence-electron chi connectivity index (χ4n) is 2.18. The Hall–Kier alpha value is -2.38. The van der Waals surface area contributed by atoms with Crippen LogP contribution in [0.3, 0.4) is 0 Å². The van der Waals surface area contributed by atoms with Crippen molar-refractivity contribution in [2.24, 2.45) is 0 Å². The molecule has 2 aromatic rings. The molecule has 25 heavy (non-hydrogen) atoms. The Labute approximate surface area is 148 Å². The number of sulfonamides is 1. The van der Waals surface area contributed by atoms with Gasteiger partial charge >= 0.3 is 0 Å². The molecule has 134 valence electrons. The highest BCUT2D eigenvalue weighted by atomic mass is 32.2. The van der Waals surface area contributed by atoms with E-state index in [4.69, 9.17) is 0 Å². The number of hydrogen-bond acceptors (Lipinski definition) is 4. The summed E-state index contributed by atoms with van der Waals surface area (Å²) >= 11 is 0. The molecule has 0 aromatic heterocycles. The lowest BCUT2D eigenvalue weighted by Gasteiger charge is -2.13. The molecule has 0 radical (unpaired) electrons. The molecule has 0 heterocycles. The molecule has 0 aliphatic heterocycles. The lowest BCUT2D eigenvalue weighted by Crippen LogP contribution is -2.33. The molecular formula is C18H23N3O3S. The summed E-state index contributed by atoms with van der Waals surface area (Å²) in [6, 6.07) is 14.5. The van der Waals surface area contributed by atoms with Crippen LogP contribution in [0.15, 0.2) is 48.5 Å². The average Bonchev–Trinajstić information content (AvgIpc) is 2.56. The largest absolute Gasteiger partial charge is 0.378 e. The second-order valence-electron chi connectivity index (χ2n) is 6.06. The fraction of sp³-hybridized carbons (Fsp3) is 0.278. The molecule has 0 fully saturated rings. The minimum Gasteiger partial charge on any atom is -0.378 e. The van der Waals surface area contributed by atoms with Gasteiger partial charge in [-0.3, -0.25) is 4.79 Å². The third-order valence-corrected chi connectivity index (χ3v) is 4.89. The number of rotatable bonds is 7. The van der Waals surface area contributed by atoms with Crippen molar-refractivity contribution in [3.8, 4) is 0 Å². The summed E-state index contributed by atoms with van der Waals surface area (Å²) in [5.41, 5.74) is 3.37. The van der Waals surface area contributed by atoms with Crippen molar-refractivity contribution in [3.63, 3.8) is 0 Å². The number of benzene rings is 2. The first-order chi connectivity index (χ1) is 11.7. The number of amides is 1. The van der Waals surface area contributed by atoms with Crippen LogP contribution in [0.1, 0.15) is 11.1 Å². The van der Waals surface area contributed by atoms with Crippen LogP contribution in [0.2, 0.25) is 0 Å². The minimum atomic E-state index is -3.57. The first-order valence-corrected chi connectivity index (χ1v) is 9.50. The number of nitrogens with zero attached hydrogens (tertiary/aromatic N) is 1. The van der Waals surface area contributed by atoms with Gasteiger partial charge in [0.05, 0.1) is 12.3 Å². The highest BCUT2D eigenvalue weighted by Crippen LogP contribution is 2.15. The van der Waals surface area contributed by atoms with E-state index in [-0.39, 0.29) is 12.3 Å². The summed E-state index contributed by atoms with van der Waals surface area (Å²) in [4.78, 5) is 13.9. The third kappa shape index (κ3) is 6.21. The fourth-order valence-corrected chi connectivity index (χ4v) is 3.26. The number of carbonyl (C=O) groups excluding carboxylic acids is 1. The predicted octanol–water partition coefficient (Wildman–Crippen LogP) is 2.12. The summed E-state index contributed by atoms with van der Waals surface area (Å²) in [6.07, 6.45) is 0. The van der Waals surface area contributed by atoms with E-state index in [1.54, 1.807) is 24.3 Å². The highest BCUT2D eigenvalue weighted by Gasteiger charge is 2.13. The molecule has 1 amide bonds. The zero-order valence-corrected chi connectivity index (χ0v) is 15.4. The molecular weight excluding hydrogens is 338 g/mol. The van der Waals surface area contributed by atoms with Crippen LogP contribution in [0.4, 0.5) is 11.4 Å². The van der Waals surface area contributed by atoms with Crippen LogP contribution in [-0.2, 0) is 20.6 Å². The van der Waals surface area contributed by atoms with E-state index in [9.17, 15) is 13.2 Å². The Balaban J connectivity index is 1.86. The monoisotopic (exact) mass is 361 g/mol. The lowest BCUT2D eigenvalue weighted by atomic mass is 10.2. The third-order valence-electron chi connectivity index (χ3n) is 3.60. The molecule has 0 unspecified atom stereocenters. The van der Waals surface area contributed by atoms with Gasteiger partial charge in [0.1, 0.15) is 0 Å². The van der Waals surface area contributed by atoms with Crippen molar-refractivity contribution in [2.75, 3.05) is 30.9 Å². The van der Waals surface area contributed by atoms with E-state index in [1.165, 1.54) is 0 Å². The van der Waals surface area contributed by atoms with Crippen LogP contribution in [0.25, 0.3) is 0 Å². The summed E-state index contributed by atoms with van der Waals surface area (Å²) in [5, 5.41) is 2.67. The maximum atomic E-state index is 12.1. The van der Waals surface area contributed by atoms with Crippen LogP contribution in [0.5, 0.6) is 0 Å². The summed E-state index contributed by atoms with van der Waals surface area (Å²) in [7, 11) is 0.284. The molecule has 0 saturated heterocycles. The zero-order valence-electron chi connectivity index (χ0n) is 14.6. The Bertz CT molecular complexity index is 814. The first-order valence-electron chi connectivity index (χ1n) is 7.85. The van der Waals surface area contributed by atoms with Crippen LogP contribution < -0.4 is 14.9 Å². The van der Waals surface area contributed by atoms with Gasteiger partial charge < -0.3 is 10.2 Å². The molecule has 7 heteroatoms. The normalized spacial score (nSPS) is 11.2. The van der Waals surface area contributed by atoms with E-state index in [1.807, 2.05) is 50.2 Å². The van der Waals surface area contributed by atoms with Gasteiger partial charge in [-0.05, 0) is 36.8 Å². The number of anilines is 2. The van der Waals surface area contributed by atoms with Crippen molar-refractivity contribution in [1.82, 2.24) is 4.72 Å². The molecule has 6 nitrogen and oxygen atoms in total. The SMILES string of the molecule is Cc1ccc(CS(=O)(=O)NCC(=O)Nc2ccc(N(C)C)cc2)cc1. The van der Waals surface area contributed by atoms with Crippen molar-refractivity contribution < 1.29 is 13.2 Å². The summed E-state index contributed by atoms with van der Waals surface area (Å²) < 4.78 is 26.5. The molecule has 0 saturated carbocycles. The van der Waals surface area contributed by atoms with Crippen molar-refractivity contribution in [2.45, 2.75) is 12.7 Å². The van der Waals surface area contributed by atoms with Gasteiger partial charge in [0.15, 0.2) is 0 Å². The van der Waals surface area contributed by atoms with E-state index in [2.05, 4.69) is 10.0 Å². The lowest BCUT2D eigenvalue weighted by molar-refractivity contribution is -0.115. The van der Waals surface area contributed by atoms with Gasteiger partial charge in [-0.2, -0.15) is 0 Å². The topological polar surface area (TPSA) is 78.5 Å². The Morgan fingerprint density at radius 3 is 2.16 bits per heavy atom. The van der Waals surface area contributed by atoms with E-state index < -0.39 is 15.9 Å². The van der Waals surface area contributed by atoms with Gasteiger partial charge in [0.25, 0.3) is 0 Å². The second kappa shape index (κ2) is 8.13. The first kappa shape index (κ1) is 19.0. The van der Waals surface area contributed by atoms with Gasteiger partial charge in [-0.1, -0.05) is 29.8 Å². The van der Waals surface area contributed by atoms with Crippen molar-refractivity contribution in [3.05, 3.63) is 59.7 Å². The summed E-state index contributed by atoms with van der Waals surface area (Å²) in [6.45, 7) is 1.63. The Kier molecular flexibility index (Phi) is 6.17. The molecule has 0 aliphatic carbocycles. The number of nitrogens with one attached hydrogen (secondary N) is 2. The molecule has 0 spiro atoms. The van der Waals surface area contributed by atoms with Gasteiger partial charge in [0, 0.05) is 25.5 Å². The van der Waals surface area contributed by atoms with Crippen molar-refractivity contribution in [1.29, 1.82) is 0 Å². The van der Waals surface area contributed by atoms with E-state index >= 15 is 0 Å². The van der Waals surface area contributed by atoms with Crippen molar-refractivity contribution >= 4 is 27.3 Å². The minimum absolute atomic E-state index is 0.155. The van der Waals surface area contributed by atoms with E-state index in [0.717, 1.165) is 11.3 Å². The highest BCUT2D eigenvalue weighted by molar-refractivity contribution is 7.88. The summed E-state index contributed by atoms with van der Waals surface area (Å²) in [5.74, 6) is -0.567. The van der Waals surface area contributed by atoms with E-state index in [0.29, 0.717) is 11.3 Å². The Morgan fingerprint density at radius 1 is 1.00 bits per heavy atom. The smallest absolute Gasteiger partial charge is 0.239 e. The van der Waals surface area contributed by atoms with Crippen LogP contribution >= 0.6 is 0 Å². The maximum absolute atomic E-state index is 12.1. The predicted molar refractivity (Wildman–Crippen MR) is 101 cm³/mol. The molecule has 2 N–H and O–H groups in total. The average molecular weight is 361 g/mol. The molecule has 0 atom stereocenters. The molecule has 2 rings (SSSR count). The van der Waals surface area contributed by atoms with Gasteiger partial charge in [-0.25, -0.2) is 13.1 Å². The second-order valence-corrected chi connectivity index (χ2v) is 7.86. The molecule has 0 aliphatic rings. The Morgan fingerprint density at radius 2 is 1.60 bits per heavy atom. The molecule has 0 bridgehead atoms. The zero-order chi connectivity index (χ0) is 18.4. The quantitative estimate of drug-likeness (QED) is 0.792. The maximum Gasteiger partial charge on any atom is 0.239 e. The van der Waals surface area contributed by atoms with Crippen LogP contribution in [-0.4, -0.2) is 35.0 Å². The standard InChI is InChI=1S/C18H23N3O3S/c1-14-4-6-15(7-5-14)13-25(23,24)19-12-18(22)20-16-8-10-17(11-9-16)21(2)3/h4-11,19H,12-13H2,1-3H3,(H,20,22). The van der Waals surface area contributed by atoms with Crippen LogP contribution in [0, 0.1) is 6.92 Å².